The SMILES string of the molecule is CCc1cnn2c(NCc3ccc(OCCn4cc(Nc5nc(N6C[C@@H](F)[C@H](NC(=O)OC(C)(C)C)C6)nc6c5ncn6C)c(OC)n4)nc3)cc(N3CCCC[C@H]3CCO)nc12. The van der Waals surface area contributed by atoms with Crippen LogP contribution in [0.1, 0.15) is 64.5 Å². The number of carbonyl (C=O) groups is 1. The summed E-state index contributed by atoms with van der Waals surface area (Å²) in [5, 5.41) is 28.4. The summed E-state index contributed by atoms with van der Waals surface area (Å²) in [5.41, 5.74) is 3.71. The van der Waals surface area contributed by atoms with Crippen LogP contribution < -0.4 is 35.2 Å². The molecule has 0 unspecified atom stereocenters. The zero-order valence-corrected chi connectivity index (χ0v) is 36.6. The third-order valence-corrected chi connectivity index (χ3v) is 11.1. The Morgan fingerprint density at radius 2 is 1.94 bits per heavy atom. The van der Waals surface area contributed by atoms with E-state index in [0.717, 1.165) is 67.1 Å². The molecule has 21 heteroatoms. The van der Waals surface area contributed by atoms with Crippen LogP contribution >= 0.6 is 0 Å². The van der Waals surface area contributed by atoms with Gasteiger partial charge in [0, 0.05) is 63.2 Å². The van der Waals surface area contributed by atoms with Crippen LogP contribution in [0, 0.1) is 0 Å². The van der Waals surface area contributed by atoms with E-state index in [2.05, 4.69) is 59.0 Å². The number of methoxy groups -OCH3 is 1. The van der Waals surface area contributed by atoms with Gasteiger partial charge in [-0.2, -0.15) is 19.6 Å². The number of pyridine rings is 1. The molecule has 6 aromatic heterocycles. The first-order chi connectivity index (χ1) is 30.4. The third kappa shape index (κ3) is 9.77. The normalized spacial score (nSPS) is 18.0. The number of amides is 1. The monoisotopic (exact) mass is 869 g/mol. The van der Waals surface area contributed by atoms with E-state index < -0.39 is 23.9 Å². The topological polar surface area (TPSA) is 212 Å². The molecular weight excluding hydrogens is 814 g/mol. The molecule has 0 aliphatic carbocycles. The molecule has 336 valence electrons. The van der Waals surface area contributed by atoms with Crippen LogP contribution in [0.15, 0.2) is 43.1 Å². The molecule has 4 N–H and O–H groups in total. The average Bonchev–Trinajstić information content (AvgIpc) is 4.05. The number of carbonyl (C=O) groups excluding carboxylic acids is 1. The van der Waals surface area contributed by atoms with Crippen molar-refractivity contribution in [3.8, 4) is 11.8 Å². The number of rotatable bonds is 16. The largest absolute Gasteiger partial charge is 0.478 e. The highest BCUT2D eigenvalue weighted by atomic mass is 19.1. The molecule has 6 aromatic rings. The second-order valence-corrected chi connectivity index (χ2v) is 16.8. The summed E-state index contributed by atoms with van der Waals surface area (Å²) in [6, 6.07) is 5.31. The van der Waals surface area contributed by atoms with Crippen molar-refractivity contribution in [2.45, 2.75) is 96.7 Å². The van der Waals surface area contributed by atoms with Gasteiger partial charge < -0.3 is 49.6 Å². The predicted octanol–water partition coefficient (Wildman–Crippen LogP) is 4.80. The minimum atomic E-state index is -1.36. The number of nitrogens with zero attached hydrogens (tertiary/aromatic N) is 12. The highest BCUT2D eigenvalue weighted by Crippen LogP contribution is 2.32. The summed E-state index contributed by atoms with van der Waals surface area (Å²) in [5.74, 6) is 3.16. The van der Waals surface area contributed by atoms with Gasteiger partial charge in [-0.1, -0.05) is 13.0 Å². The van der Waals surface area contributed by atoms with Crippen LogP contribution in [0.2, 0.25) is 0 Å². The van der Waals surface area contributed by atoms with Crippen LogP contribution in [0.4, 0.5) is 38.3 Å². The fourth-order valence-corrected chi connectivity index (χ4v) is 7.94. The highest BCUT2D eigenvalue weighted by Gasteiger charge is 2.37. The molecule has 3 atom stereocenters. The number of imidazole rings is 1. The quantitative estimate of drug-likeness (QED) is 0.103. The molecular formula is C42H56FN15O5. The second kappa shape index (κ2) is 18.5. The van der Waals surface area contributed by atoms with Gasteiger partial charge in [-0.25, -0.2) is 24.1 Å². The number of aliphatic hydroxyl groups excluding tert-OH is 1. The Morgan fingerprint density at radius 1 is 1.08 bits per heavy atom. The van der Waals surface area contributed by atoms with Crippen molar-refractivity contribution >= 4 is 52.0 Å². The zero-order valence-electron chi connectivity index (χ0n) is 36.6. The van der Waals surface area contributed by atoms with Crippen molar-refractivity contribution in [2.24, 2.45) is 7.05 Å². The van der Waals surface area contributed by atoms with Gasteiger partial charge in [0.1, 0.15) is 35.7 Å². The second-order valence-electron chi connectivity index (χ2n) is 16.8. The molecule has 63 heavy (non-hydrogen) atoms. The molecule has 2 saturated heterocycles. The van der Waals surface area contributed by atoms with Crippen LogP contribution in [-0.2, 0) is 31.3 Å². The van der Waals surface area contributed by atoms with E-state index in [1.54, 1.807) is 53.6 Å². The number of aromatic nitrogens is 10. The number of nitrogens with one attached hydrogen (secondary N) is 3. The summed E-state index contributed by atoms with van der Waals surface area (Å²) < 4.78 is 37.5. The first-order valence-corrected chi connectivity index (χ1v) is 21.4. The Balaban J connectivity index is 0.896. The minimum absolute atomic E-state index is 0.0208. The Labute approximate surface area is 364 Å². The maximum absolute atomic E-state index is 15.2. The molecule has 20 nitrogen and oxygen atoms in total. The highest BCUT2D eigenvalue weighted by molar-refractivity contribution is 5.87. The number of alkyl halides is 1. The third-order valence-electron chi connectivity index (χ3n) is 11.1. The van der Waals surface area contributed by atoms with E-state index in [-0.39, 0.29) is 38.3 Å². The fraction of sp³-hybridized carbons (Fsp3) is 0.524. The molecule has 2 fully saturated rings. The predicted molar refractivity (Wildman–Crippen MR) is 235 cm³/mol. The number of aryl methyl sites for hydroxylation is 2. The minimum Gasteiger partial charge on any atom is -0.478 e. The van der Waals surface area contributed by atoms with Gasteiger partial charge >= 0.3 is 6.09 Å². The number of hydrogen-bond donors (Lipinski definition) is 4. The standard InChI is InChI=1S/C42H56FN15O5/c1-7-27-21-47-58-32(18-33(50-37(27)58)57-14-9-8-10-28(57)13-16-59)44-19-26-11-12-34(45-20-26)62-17-15-56-24-31(39(53-56)61-6)48-36-35-38(54(5)25-46-35)52-40(51-36)55-22-29(43)30(23-55)49-41(60)63-42(2,3)4/h11-12,18,20-21,24-25,28-30,44,59H,7-10,13-17,19,22-23H2,1-6H3,(H,49,60)(H,48,51,52)/t28-,29+,30+/m0/s1. The number of ether oxygens (including phenoxy) is 3. The molecule has 0 aromatic carbocycles. The smallest absolute Gasteiger partial charge is 0.408 e. The molecule has 8 heterocycles. The molecule has 0 spiro atoms. The Bertz CT molecular complexity index is 2520. The van der Waals surface area contributed by atoms with Crippen LogP contribution in [0.3, 0.4) is 0 Å². The Morgan fingerprint density at radius 3 is 2.70 bits per heavy atom. The lowest BCUT2D eigenvalue weighted by atomic mass is 9.99. The molecule has 0 saturated carbocycles. The Kier molecular flexibility index (Phi) is 12.6. The van der Waals surface area contributed by atoms with Crippen LogP contribution in [0.25, 0.3) is 16.8 Å². The van der Waals surface area contributed by atoms with E-state index in [0.29, 0.717) is 47.5 Å². The first kappa shape index (κ1) is 43.2. The van der Waals surface area contributed by atoms with Gasteiger partial charge in [-0.05, 0) is 58.4 Å². The molecule has 8 rings (SSSR count). The van der Waals surface area contributed by atoms with Crippen molar-refractivity contribution in [3.05, 3.63) is 54.2 Å². The molecule has 2 aliphatic rings. The van der Waals surface area contributed by atoms with Crippen molar-refractivity contribution < 1.29 is 28.5 Å². The fourth-order valence-electron chi connectivity index (χ4n) is 7.94. The van der Waals surface area contributed by atoms with Crippen LogP contribution in [-0.4, -0.2) is 124 Å². The van der Waals surface area contributed by atoms with E-state index in [4.69, 9.17) is 24.2 Å². The van der Waals surface area contributed by atoms with Crippen molar-refractivity contribution in [3.63, 3.8) is 0 Å². The average molecular weight is 870 g/mol. The molecule has 0 bridgehead atoms. The van der Waals surface area contributed by atoms with Gasteiger partial charge in [0.15, 0.2) is 22.6 Å². The number of halogens is 1. The number of hydrogen-bond acceptors (Lipinski definition) is 16. The number of piperidine rings is 1. The van der Waals surface area contributed by atoms with Gasteiger partial charge in [0.2, 0.25) is 11.8 Å². The van der Waals surface area contributed by atoms with Crippen molar-refractivity contribution in [1.82, 2.24) is 54.2 Å². The summed E-state index contributed by atoms with van der Waals surface area (Å²) in [7, 11) is 3.34. The van der Waals surface area contributed by atoms with E-state index in [9.17, 15) is 9.90 Å². The maximum atomic E-state index is 15.2. The van der Waals surface area contributed by atoms with E-state index in [1.807, 2.05) is 29.9 Å². The van der Waals surface area contributed by atoms with Gasteiger partial charge in [0.05, 0.1) is 45.0 Å². The lowest BCUT2D eigenvalue weighted by Gasteiger charge is -2.36. The number of fused-ring (bicyclic) bond motifs is 2. The van der Waals surface area contributed by atoms with Gasteiger partial charge in [-0.3, -0.25) is 4.68 Å². The number of alkyl carbamates (subject to hydrolysis) is 1. The number of aliphatic hydroxyl groups is 1. The zero-order chi connectivity index (χ0) is 44.3. The van der Waals surface area contributed by atoms with Gasteiger partial charge in [-0.15, -0.1) is 5.10 Å². The van der Waals surface area contributed by atoms with Crippen molar-refractivity contribution in [2.75, 3.05) is 60.4 Å². The van der Waals surface area contributed by atoms with Crippen LogP contribution in [0.5, 0.6) is 11.8 Å². The summed E-state index contributed by atoms with van der Waals surface area (Å²) >= 11 is 0. The molecule has 2 aliphatic heterocycles. The van der Waals surface area contributed by atoms with Gasteiger partial charge in [0.25, 0.3) is 5.88 Å². The first-order valence-electron chi connectivity index (χ1n) is 21.4. The lowest BCUT2D eigenvalue weighted by Crippen LogP contribution is -2.44. The number of anilines is 5. The lowest BCUT2D eigenvalue weighted by molar-refractivity contribution is 0.0490. The van der Waals surface area contributed by atoms with Crippen molar-refractivity contribution in [1.29, 1.82) is 0 Å². The summed E-state index contributed by atoms with van der Waals surface area (Å²) in [4.78, 5) is 40.0. The molecule has 0 radical (unpaired) electrons. The summed E-state index contributed by atoms with van der Waals surface area (Å²) in [6.07, 6.45) is 9.83. The molecule has 1 amide bonds. The van der Waals surface area contributed by atoms with E-state index >= 15 is 4.39 Å². The maximum Gasteiger partial charge on any atom is 0.408 e. The Hall–Kier alpha value is -6.51. The van der Waals surface area contributed by atoms with E-state index in [1.165, 1.54) is 7.11 Å². The summed E-state index contributed by atoms with van der Waals surface area (Å²) in [6.45, 7) is 9.71.